The summed E-state index contributed by atoms with van der Waals surface area (Å²) in [7, 11) is -3.66. The molecule has 0 saturated heterocycles. The molecule has 22 heavy (non-hydrogen) atoms. The van der Waals surface area contributed by atoms with Crippen molar-refractivity contribution < 1.29 is 18.4 Å². The van der Waals surface area contributed by atoms with Crippen molar-refractivity contribution in [1.29, 1.82) is 0 Å². The Bertz CT molecular complexity index is 356. The average Bonchev–Trinajstić information content (AvgIpc) is 2.24. The van der Waals surface area contributed by atoms with Crippen LogP contribution in [0.25, 0.3) is 0 Å². The first-order valence-corrected chi connectivity index (χ1v) is 14.5. The van der Waals surface area contributed by atoms with Crippen LogP contribution in [0.2, 0.25) is 37.8 Å². The van der Waals surface area contributed by atoms with Gasteiger partial charge in [-0.15, -0.1) is 0 Å². The molecule has 0 aliphatic carbocycles. The normalized spacial score (nSPS) is 16.3. The van der Waals surface area contributed by atoms with E-state index in [2.05, 4.69) is 53.5 Å². The Hall–Kier alpha value is -0.176. The summed E-state index contributed by atoms with van der Waals surface area (Å²) < 4.78 is 17.7. The van der Waals surface area contributed by atoms with Gasteiger partial charge in [0.1, 0.15) is 0 Å². The third kappa shape index (κ3) is 7.90. The molecular formula is C16H36O4Si2. The van der Waals surface area contributed by atoms with E-state index < -0.39 is 16.6 Å². The lowest BCUT2D eigenvalue weighted by molar-refractivity contribution is -0.146. The molecule has 6 heteroatoms. The van der Waals surface area contributed by atoms with Gasteiger partial charge in [0.05, 0.1) is 25.2 Å². The van der Waals surface area contributed by atoms with Crippen molar-refractivity contribution in [3.8, 4) is 0 Å². The summed E-state index contributed by atoms with van der Waals surface area (Å²) in [6.45, 7) is 21.7. The van der Waals surface area contributed by atoms with Crippen molar-refractivity contribution in [2.75, 3.05) is 6.61 Å². The van der Waals surface area contributed by atoms with Gasteiger partial charge < -0.3 is 13.6 Å². The maximum atomic E-state index is 11.9. The van der Waals surface area contributed by atoms with E-state index in [1.165, 1.54) is 0 Å². The second-order valence-electron chi connectivity index (χ2n) is 8.36. The van der Waals surface area contributed by atoms with Gasteiger partial charge >= 0.3 is 5.97 Å². The van der Waals surface area contributed by atoms with Gasteiger partial charge in [0.15, 0.2) is 16.6 Å². The van der Waals surface area contributed by atoms with Crippen molar-refractivity contribution >= 4 is 22.6 Å². The van der Waals surface area contributed by atoms with E-state index >= 15 is 0 Å². The van der Waals surface area contributed by atoms with E-state index in [-0.39, 0.29) is 29.6 Å². The van der Waals surface area contributed by atoms with E-state index in [4.69, 9.17) is 13.6 Å². The third-order valence-electron chi connectivity index (χ3n) is 3.99. The minimum absolute atomic E-state index is 0.114. The summed E-state index contributed by atoms with van der Waals surface area (Å²) in [6, 6.07) is 0. The molecule has 0 amide bonds. The van der Waals surface area contributed by atoms with E-state index in [1.54, 1.807) is 0 Å². The lowest BCUT2D eigenvalue weighted by Gasteiger charge is -2.41. The van der Waals surface area contributed by atoms with Crippen molar-refractivity contribution in [1.82, 2.24) is 0 Å². The number of esters is 1. The molecule has 0 aliphatic rings. The lowest BCUT2D eigenvalue weighted by Crippen LogP contribution is -2.49. The van der Waals surface area contributed by atoms with Crippen LogP contribution < -0.4 is 0 Å². The zero-order valence-electron chi connectivity index (χ0n) is 16.2. The first-order valence-electron chi connectivity index (χ1n) is 8.21. The number of hydrogen-bond acceptors (Lipinski definition) is 4. The van der Waals surface area contributed by atoms with Gasteiger partial charge in [0.2, 0.25) is 0 Å². The van der Waals surface area contributed by atoms with Crippen LogP contribution >= 0.6 is 0 Å². The SMILES string of the molecule is CCOC(=O)C[C@H](O[Si](C)(C)C)[C@H](C)O[Si](C)(C)C(C)(C)C. The molecule has 132 valence electrons. The van der Waals surface area contributed by atoms with Gasteiger partial charge in [-0.2, -0.15) is 0 Å². The fourth-order valence-corrected chi connectivity index (χ4v) is 4.48. The van der Waals surface area contributed by atoms with Crippen LogP contribution in [0.4, 0.5) is 0 Å². The van der Waals surface area contributed by atoms with E-state index in [9.17, 15) is 4.79 Å². The molecule has 0 radical (unpaired) electrons. The predicted octanol–water partition coefficient (Wildman–Crippen LogP) is 4.57. The smallest absolute Gasteiger partial charge is 0.308 e. The topological polar surface area (TPSA) is 44.8 Å². The van der Waals surface area contributed by atoms with Crippen molar-refractivity contribution in [3.05, 3.63) is 0 Å². The third-order valence-corrected chi connectivity index (χ3v) is 9.57. The standard InChI is InChI=1S/C16H36O4Si2/c1-11-18-15(17)12-14(20-21(6,7)8)13(2)19-22(9,10)16(3,4)5/h13-14H,11-12H2,1-10H3/t13-,14-/m0/s1. The van der Waals surface area contributed by atoms with Crippen LogP contribution in [0, 0.1) is 0 Å². The Balaban J connectivity index is 5.04. The second kappa shape index (κ2) is 8.08. The van der Waals surface area contributed by atoms with Crippen LogP contribution in [-0.4, -0.2) is 41.4 Å². The van der Waals surface area contributed by atoms with Crippen LogP contribution in [0.15, 0.2) is 0 Å². The first kappa shape index (κ1) is 21.8. The summed E-state index contributed by atoms with van der Waals surface area (Å²) in [5.41, 5.74) is 0. The maximum absolute atomic E-state index is 11.9. The monoisotopic (exact) mass is 348 g/mol. The molecule has 0 aromatic heterocycles. The number of carbonyl (C=O) groups excluding carboxylic acids is 1. The zero-order valence-corrected chi connectivity index (χ0v) is 18.2. The van der Waals surface area contributed by atoms with Crippen LogP contribution in [0.3, 0.4) is 0 Å². The minimum Gasteiger partial charge on any atom is -0.466 e. The van der Waals surface area contributed by atoms with Crippen molar-refractivity contribution in [3.63, 3.8) is 0 Å². The predicted molar refractivity (Wildman–Crippen MR) is 97.2 cm³/mol. The number of rotatable bonds is 8. The molecule has 0 unspecified atom stereocenters. The van der Waals surface area contributed by atoms with E-state index in [1.807, 2.05) is 13.8 Å². The Morgan fingerprint density at radius 2 is 1.55 bits per heavy atom. The van der Waals surface area contributed by atoms with Gasteiger partial charge in [0, 0.05) is 0 Å². The number of hydrogen-bond donors (Lipinski definition) is 0. The van der Waals surface area contributed by atoms with Gasteiger partial charge in [-0.1, -0.05) is 20.8 Å². The van der Waals surface area contributed by atoms with E-state index in [0.717, 1.165) is 0 Å². The van der Waals surface area contributed by atoms with Crippen LogP contribution in [-0.2, 0) is 18.4 Å². The highest BCUT2D eigenvalue weighted by Crippen LogP contribution is 2.38. The molecule has 0 aliphatic heterocycles. The molecule has 0 rings (SSSR count). The Labute approximate surface area is 139 Å². The molecule has 2 atom stereocenters. The first-order chi connectivity index (χ1) is 9.69. The Kier molecular flexibility index (Phi) is 8.02. The number of carbonyl (C=O) groups is 1. The fourth-order valence-electron chi connectivity index (χ4n) is 1.86. The lowest BCUT2D eigenvalue weighted by atomic mass is 10.2. The van der Waals surface area contributed by atoms with E-state index in [0.29, 0.717) is 6.61 Å². The Morgan fingerprint density at radius 1 is 1.05 bits per heavy atom. The Morgan fingerprint density at radius 3 is 1.91 bits per heavy atom. The van der Waals surface area contributed by atoms with Gasteiger partial charge in [-0.05, 0) is 51.6 Å². The summed E-state index contributed by atoms with van der Waals surface area (Å²) in [4.78, 5) is 11.9. The number of ether oxygens (including phenoxy) is 1. The molecule has 0 heterocycles. The van der Waals surface area contributed by atoms with Crippen LogP contribution in [0.1, 0.15) is 41.0 Å². The summed E-state index contributed by atoms with van der Waals surface area (Å²) in [5, 5.41) is 0.134. The largest absolute Gasteiger partial charge is 0.466 e. The zero-order chi connectivity index (χ0) is 17.8. The summed E-state index contributed by atoms with van der Waals surface area (Å²) >= 11 is 0. The summed E-state index contributed by atoms with van der Waals surface area (Å²) in [5.74, 6) is -0.212. The van der Waals surface area contributed by atoms with Gasteiger partial charge in [-0.25, -0.2) is 0 Å². The second-order valence-corrected chi connectivity index (χ2v) is 17.6. The van der Waals surface area contributed by atoms with Gasteiger partial charge in [0.25, 0.3) is 0 Å². The highest BCUT2D eigenvalue weighted by molar-refractivity contribution is 6.74. The van der Waals surface area contributed by atoms with Crippen molar-refractivity contribution in [2.45, 2.75) is 91.0 Å². The molecule has 0 fully saturated rings. The molecule has 0 aromatic rings. The molecule has 0 aromatic carbocycles. The summed E-state index contributed by atoms with van der Waals surface area (Å²) in [6.07, 6.45) is -0.0923. The average molecular weight is 349 g/mol. The van der Waals surface area contributed by atoms with Crippen LogP contribution in [0.5, 0.6) is 0 Å². The van der Waals surface area contributed by atoms with Gasteiger partial charge in [-0.3, -0.25) is 4.79 Å². The molecule has 4 nitrogen and oxygen atoms in total. The van der Waals surface area contributed by atoms with Crippen molar-refractivity contribution in [2.24, 2.45) is 0 Å². The minimum atomic E-state index is -1.89. The molecule has 0 spiro atoms. The highest BCUT2D eigenvalue weighted by Gasteiger charge is 2.40. The molecule has 0 N–H and O–H groups in total. The molecular weight excluding hydrogens is 312 g/mol. The fraction of sp³-hybridized carbons (Fsp3) is 0.938. The highest BCUT2D eigenvalue weighted by atomic mass is 28.4. The molecule has 0 bridgehead atoms. The quantitative estimate of drug-likeness (QED) is 0.476. The molecule has 0 saturated carbocycles. The maximum Gasteiger partial charge on any atom is 0.308 e.